The fraction of sp³-hybridized carbons (Fsp3) is 0.400. The van der Waals surface area contributed by atoms with E-state index in [9.17, 15) is 9.18 Å². The molecule has 0 fully saturated rings. The van der Waals surface area contributed by atoms with Crippen LogP contribution in [0.5, 0.6) is 0 Å². The first-order valence-corrected chi connectivity index (χ1v) is 5.38. The van der Waals surface area contributed by atoms with E-state index in [0.717, 1.165) is 6.20 Å². The van der Waals surface area contributed by atoms with Crippen LogP contribution in [0.4, 0.5) is 15.0 Å². The molecule has 1 rings (SSSR count). The number of nitrogens with zero attached hydrogens (tertiary/aromatic N) is 1. The van der Waals surface area contributed by atoms with Crippen LogP contribution in [0.25, 0.3) is 0 Å². The Labute approximate surface area is 101 Å². The molecule has 88 valence electrons. The summed E-state index contributed by atoms with van der Waals surface area (Å²) in [6, 6.07) is 1.36. The number of hydrogen-bond acceptors (Lipinski definition) is 3. The lowest BCUT2D eigenvalue weighted by Gasteiger charge is -2.19. The highest BCUT2D eigenvalue weighted by Gasteiger charge is 2.16. The van der Waals surface area contributed by atoms with Crippen LogP contribution >= 0.6 is 15.9 Å². The molecule has 0 aromatic carbocycles. The van der Waals surface area contributed by atoms with Gasteiger partial charge in [0.05, 0.1) is 10.7 Å². The van der Waals surface area contributed by atoms with Crippen molar-refractivity contribution in [2.45, 2.75) is 26.4 Å². The fourth-order valence-electron chi connectivity index (χ4n) is 0.891. The Bertz CT molecular complexity index is 404. The highest BCUT2D eigenvalue weighted by Crippen LogP contribution is 2.18. The highest BCUT2D eigenvalue weighted by molar-refractivity contribution is 9.10. The van der Waals surface area contributed by atoms with Crippen LogP contribution < -0.4 is 5.32 Å². The molecule has 1 aromatic heterocycles. The van der Waals surface area contributed by atoms with Crippen molar-refractivity contribution in [3.63, 3.8) is 0 Å². The van der Waals surface area contributed by atoms with E-state index >= 15 is 0 Å². The Morgan fingerprint density at radius 3 is 2.69 bits per heavy atom. The molecule has 0 saturated carbocycles. The van der Waals surface area contributed by atoms with Gasteiger partial charge in [-0.2, -0.15) is 0 Å². The second-order valence-corrected chi connectivity index (χ2v) is 4.96. The van der Waals surface area contributed by atoms with E-state index in [1.165, 1.54) is 6.07 Å². The highest BCUT2D eigenvalue weighted by atomic mass is 79.9. The van der Waals surface area contributed by atoms with Crippen molar-refractivity contribution < 1.29 is 13.9 Å². The average Bonchev–Trinajstić information content (AvgIpc) is 2.08. The maximum atomic E-state index is 12.9. The normalized spacial score (nSPS) is 11.1. The third-order valence-electron chi connectivity index (χ3n) is 1.44. The van der Waals surface area contributed by atoms with Crippen LogP contribution in [0, 0.1) is 5.82 Å². The van der Waals surface area contributed by atoms with Gasteiger partial charge in [0.25, 0.3) is 0 Å². The van der Waals surface area contributed by atoms with E-state index in [1.54, 1.807) is 20.8 Å². The van der Waals surface area contributed by atoms with Gasteiger partial charge in [-0.05, 0) is 42.8 Å². The number of anilines is 1. The molecule has 6 heteroatoms. The predicted molar refractivity (Wildman–Crippen MR) is 61.8 cm³/mol. The van der Waals surface area contributed by atoms with Crippen molar-refractivity contribution >= 4 is 27.8 Å². The van der Waals surface area contributed by atoms with E-state index in [0.29, 0.717) is 0 Å². The molecular formula is C10H12BrFN2O2. The summed E-state index contributed by atoms with van der Waals surface area (Å²) < 4.78 is 18.1. The molecular weight excluding hydrogens is 279 g/mol. The van der Waals surface area contributed by atoms with Crippen LogP contribution in [-0.4, -0.2) is 16.7 Å². The molecule has 4 nitrogen and oxygen atoms in total. The van der Waals surface area contributed by atoms with Gasteiger partial charge >= 0.3 is 6.09 Å². The summed E-state index contributed by atoms with van der Waals surface area (Å²) in [5, 5.41) is 2.40. The van der Waals surface area contributed by atoms with Crippen LogP contribution in [0.1, 0.15) is 20.8 Å². The van der Waals surface area contributed by atoms with Gasteiger partial charge in [0.1, 0.15) is 11.4 Å². The molecule has 0 saturated heterocycles. The van der Waals surface area contributed by atoms with Gasteiger partial charge in [-0.15, -0.1) is 0 Å². The van der Waals surface area contributed by atoms with Crippen molar-refractivity contribution in [3.05, 3.63) is 22.6 Å². The third-order valence-corrected chi connectivity index (χ3v) is 2.05. The number of pyridine rings is 1. The first kappa shape index (κ1) is 12.9. The Hall–Kier alpha value is -1.17. The number of hydrogen-bond donors (Lipinski definition) is 1. The topological polar surface area (TPSA) is 51.2 Å². The van der Waals surface area contributed by atoms with E-state index in [2.05, 4.69) is 26.2 Å². The van der Waals surface area contributed by atoms with Gasteiger partial charge in [-0.25, -0.2) is 14.2 Å². The van der Waals surface area contributed by atoms with Crippen molar-refractivity contribution in [2.75, 3.05) is 5.32 Å². The van der Waals surface area contributed by atoms with Crippen molar-refractivity contribution in [1.82, 2.24) is 4.98 Å². The second kappa shape index (κ2) is 4.78. The number of amides is 1. The second-order valence-electron chi connectivity index (χ2n) is 4.11. The van der Waals surface area contributed by atoms with Crippen LogP contribution in [0.2, 0.25) is 0 Å². The van der Waals surface area contributed by atoms with Gasteiger partial charge in [0, 0.05) is 0 Å². The van der Waals surface area contributed by atoms with Crippen molar-refractivity contribution in [1.29, 1.82) is 0 Å². The molecule has 1 heterocycles. The zero-order valence-electron chi connectivity index (χ0n) is 9.17. The first-order chi connectivity index (χ1) is 7.28. The Morgan fingerprint density at radius 1 is 1.56 bits per heavy atom. The standard InChI is InChI=1S/C10H12BrFN2O2/c1-10(2,3)16-9(15)14-8-4-6(11)7(12)5-13-8/h4-5H,1-3H3,(H,13,14,15). The molecule has 0 aliphatic heterocycles. The van der Waals surface area contributed by atoms with Gasteiger partial charge in [0.15, 0.2) is 5.82 Å². The summed E-state index contributed by atoms with van der Waals surface area (Å²) in [6.45, 7) is 5.25. The number of carbonyl (C=O) groups excluding carboxylic acids is 1. The van der Waals surface area contributed by atoms with Crippen LogP contribution in [-0.2, 0) is 4.74 Å². The molecule has 0 atom stereocenters. The minimum atomic E-state index is -0.626. The van der Waals surface area contributed by atoms with Gasteiger partial charge in [-0.1, -0.05) is 0 Å². The number of nitrogens with one attached hydrogen (secondary N) is 1. The average molecular weight is 291 g/mol. The molecule has 16 heavy (non-hydrogen) atoms. The molecule has 1 N–H and O–H groups in total. The molecule has 0 aliphatic rings. The van der Waals surface area contributed by atoms with Crippen LogP contribution in [0.15, 0.2) is 16.7 Å². The minimum absolute atomic E-state index is 0.225. The number of aromatic nitrogens is 1. The van der Waals surface area contributed by atoms with E-state index < -0.39 is 17.5 Å². The maximum Gasteiger partial charge on any atom is 0.413 e. The van der Waals surface area contributed by atoms with Gasteiger partial charge < -0.3 is 4.74 Å². The number of rotatable bonds is 1. The Morgan fingerprint density at radius 2 is 2.19 bits per heavy atom. The van der Waals surface area contributed by atoms with Gasteiger partial charge in [0.2, 0.25) is 0 Å². The maximum absolute atomic E-state index is 12.9. The predicted octanol–water partition coefficient (Wildman–Crippen LogP) is 3.33. The first-order valence-electron chi connectivity index (χ1n) is 4.59. The summed E-state index contributed by atoms with van der Waals surface area (Å²) in [4.78, 5) is 15.0. The minimum Gasteiger partial charge on any atom is -0.444 e. The molecule has 0 radical (unpaired) electrons. The Kier molecular flexibility index (Phi) is 3.85. The third kappa shape index (κ3) is 4.14. The van der Waals surface area contributed by atoms with E-state index in [4.69, 9.17) is 4.74 Å². The smallest absolute Gasteiger partial charge is 0.413 e. The summed E-state index contributed by atoms with van der Waals surface area (Å²) in [5.74, 6) is -0.266. The van der Waals surface area contributed by atoms with Crippen LogP contribution in [0.3, 0.4) is 0 Å². The molecule has 0 spiro atoms. The zero-order valence-corrected chi connectivity index (χ0v) is 10.8. The van der Waals surface area contributed by atoms with E-state index in [-0.39, 0.29) is 10.3 Å². The summed E-state index contributed by atoms with van der Waals surface area (Å²) in [7, 11) is 0. The van der Waals surface area contributed by atoms with Gasteiger partial charge in [-0.3, -0.25) is 5.32 Å². The lowest BCUT2D eigenvalue weighted by atomic mass is 10.2. The summed E-state index contributed by atoms with van der Waals surface area (Å²) in [5.41, 5.74) is -0.582. The Balaban J connectivity index is 2.67. The molecule has 1 aromatic rings. The molecule has 1 amide bonds. The lowest BCUT2D eigenvalue weighted by molar-refractivity contribution is 0.0635. The summed E-state index contributed by atoms with van der Waals surface area (Å²) in [6.07, 6.45) is 0.384. The molecule has 0 aliphatic carbocycles. The fourth-order valence-corrected chi connectivity index (χ4v) is 1.21. The largest absolute Gasteiger partial charge is 0.444 e. The van der Waals surface area contributed by atoms with Crippen molar-refractivity contribution in [2.24, 2.45) is 0 Å². The van der Waals surface area contributed by atoms with Crippen molar-refractivity contribution in [3.8, 4) is 0 Å². The zero-order chi connectivity index (χ0) is 12.3. The quantitative estimate of drug-likeness (QED) is 0.863. The van der Waals surface area contributed by atoms with E-state index in [1.807, 2.05) is 0 Å². The number of ether oxygens (including phenoxy) is 1. The monoisotopic (exact) mass is 290 g/mol. The molecule has 0 unspecified atom stereocenters. The summed E-state index contributed by atoms with van der Waals surface area (Å²) >= 11 is 2.99. The number of carbonyl (C=O) groups is 1. The number of halogens is 2. The lowest BCUT2D eigenvalue weighted by Crippen LogP contribution is -2.27. The molecule has 0 bridgehead atoms. The SMILES string of the molecule is CC(C)(C)OC(=O)Nc1cc(Br)c(F)cn1.